The fourth-order valence-electron chi connectivity index (χ4n) is 0.789. The molecule has 0 spiro atoms. The van der Waals surface area contributed by atoms with Crippen LogP contribution in [0.15, 0.2) is 12.3 Å². The Labute approximate surface area is 59.7 Å². The maximum Gasteiger partial charge on any atom is 0.211 e. The van der Waals surface area contributed by atoms with E-state index in [-0.39, 0.29) is 5.95 Å². The zero-order valence-electron chi connectivity index (χ0n) is 6.05. The lowest BCUT2D eigenvalue weighted by Crippen LogP contribution is -2.01. The summed E-state index contributed by atoms with van der Waals surface area (Å²) in [4.78, 5) is 0. The van der Waals surface area contributed by atoms with Gasteiger partial charge in [-0.2, -0.15) is 9.49 Å². The molecule has 0 amide bonds. The summed E-state index contributed by atoms with van der Waals surface area (Å²) in [6, 6.07) is 1.37. The first-order valence-electron chi connectivity index (χ1n) is 3.52. The van der Waals surface area contributed by atoms with Crippen LogP contribution in [0.5, 0.6) is 0 Å². The van der Waals surface area contributed by atoms with E-state index >= 15 is 0 Å². The summed E-state index contributed by atoms with van der Waals surface area (Å²) in [5.74, 6) is -0.242. The molecule has 0 aliphatic carbocycles. The van der Waals surface area contributed by atoms with Crippen molar-refractivity contribution in [1.29, 1.82) is 0 Å². The number of unbranched alkanes of at least 4 members (excludes halogenated alkanes) is 1. The lowest BCUT2D eigenvalue weighted by molar-refractivity contribution is 0.444. The third-order valence-electron chi connectivity index (χ3n) is 1.39. The molecule has 0 unspecified atom stereocenters. The summed E-state index contributed by atoms with van der Waals surface area (Å²) in [7, 11) is 0. The van der Waals surface area contributed by atoms with Crippen molar-refractivity contribution in [2.75, 3.05) is 0 Å². The minimum absolute atomic E-state index is 0.242. The number of halogens is 1. The Bertz CT molecular complexity index is 195. The molecular weight excluding hydrogens is 131 g/mol. The molecule has 2 nitrogen and oxygen atoms in total. The molecule has 0 atom stereocenters. The van der Waals surface area contributed by atoms with E-state index in [1.807, 2.05) is 0 Å². The van der Waals surface area contributed by atoms with Gasteiger partial charge in [0.05, 0.1) is 6.20 Å². The minimum Gasteiger partial charge on any atom is -0.240 e. The van der Waals surface area contributed by atoms with E-state index in [9.17, 15) is 4.39 Å². The molecule has 1 aromatic rings. The van der Waals surface area contributed by atoms with E-state index in [0.717, 1.165) is 12.8 Å². The molecule has 0 aromatic carbocycles. The molecule has 0 saturated carbocycles. The van der Waals surface area contributed by atoms with Crippen molar-refractivity contribution in [2.24, 2.45) is 0 Å². The first-order valence-corrected chi connectivity index (χ1v) is 3.52. The number of hydrogen-bond donors (Lipinski definition) is 0. The molecule has 0 saturated heterocycles. The van der Waals surface area contributed by atoms with Crippen LogP contribution in [0.2, 0.25) is 0 Å². The third-order valence-corrected chi connectivity index (χ3v) is 1.39. The number of rotatable bonds is 3. The molecule has 0 aliphatic heterocycles. The topological polar surface area (TPSA) is 17.8 Å². The van der Waals surface area contributed by atoms with Gasteiger partial charge in [-0.15, -0.1) is 0 Å². The number of aryl methyl sites for hydroxylation is 1. The zero-order chi connectivity index (χ0) is 7.40. The fraction of sp³-hybridized carbons (Fsp3) is 0.571. The molecule has 3 heteroatoms. The van der Waals surface area contributed by atoms with Gasteiger partial charge < -0.3 is 0 Å². The Morgan fingerprint density at radius 2 is 2.50 bits per heavy atom. The normalized spacial score (nSPS) is 10.2. The second kappa shape index (κ2) is 3.34. The molecule has 10 heavy (non-hydrogen) atoms. The van der Waals surface area contributed by atoms with Gasteiger partial charge >= 0.3 is 0 Å². The average molecular weight is 142 g/mol. The Kier molecular flexibility index (Phi) is 2.42. The summed E-state index contributed by atoms with van der Waals surface area (Å²) in [6.45, 7) is 2.76. The number of nitrogens with zero attached hydrogens (tertiary/aromatic N) is 2. The number of hydrogen-bond acceptors (Lipinski definition) is 1. The Morgan fingerprint density at radius 1 is 1.70 bits per heavy atom. The summed E-state index contributed by atoms with van der Waals surface area (Å²) >= 11 is 0. The van der Waals surface area contributed by atoms with Crippen molar-refractivity contribution in [3.63, 3.8) is 0 Å². The van der Waals surface area contributed by atoms with Gasteiger partial charge in [0.15, 0.2) is 0 Å². The summed E-state index contributed by atoms with van der Waals surface area (Å²) in [5, 5.41) is 3.79. The molecule has 0 bridgehead atoms. The van der Waals surface area contributed by atoms with Crippen molar-refractivity contribution in [2.45, 2.75) is 26.3 Å². The highest BCUT2D eigenvalue weighted by Crippen LogP contribution is 1.98. The molecule has 56 valence electrons. The first kappa shape index (κ1) is 7.25. The van der Waals surface area contributed by atoms with Gasteiger partial charge in [-0.3, -0.25) is 0 Å². The standard InChI is InChI=1S/C7H11FN2/c1-2-3-6-10-7(8)4-5-9-10/h4-5H,2-3,6H2,1H3. The van der Waals surface area contributed by atoms with E-state index in [1.54, 1.807) is 0 Å². The van der Waals surface area contributed by atoms with Crippen molar-refractivity contribution in [1.82, 2.24) is 9.78 Å². The summed E-state index contributed by atoms with van der Waals surface area (Å²) in [5.41, 5.74) is 0. The molecule has 1 aromatic heterocycles. The predicted octanol–water partition coefficient (Wildman–Crippen LogP) is 1.82. The zero-order valence-corrected chi connectivity index (χ0v) is 6.05. The van der Waals surface area contributed by atoms with Crippen molar-refractivity contribution < 1.29 is 4.39 Å². The van der Waals surface area contributed by atoms with Crippen molar-refractivity contribution in [3.05, 3.63) is 18.2 Å². The van der Waals surface area contributed by atoms with E-state index < -0.39 is 0 Å². The SMILES string of the molecule is CCCCn1nccc1F. The lowest BCUT2D eigenvalue weighted by atomic mass is 10.3. The fourth-order valence-corrected chi connectivity index (χ4v) is 0.789. The maximum atomic E-state index is 12.6. The van der Waals surface area contributed by atoms with Crippen molar-refractivity contribution >= 4 is 0 Å². The highest BCUT2D eigenvalue weighted by Gasteiger charge is 1.97. The second-order valence-electron chi connectivity index (χ2n) is 2.23. The van der Waals surface area contributed by atoms with Gasteiger partial charge in [0.2, 0.25) is 5.95 Å². The van der Waals surface area contributed by atoms with Gasteiger partial charge in [-0.05, 0) is 6.42 Å². The Morgan fingerprint density at radius 3 is 3.00 bits per heavy atom. The Hall–Kier alpha value is -0.860. The van der Waals surface area contributed by atoms with Crippen LogP contribution in [-0.4, -0.2) is 9.78 Å². The van der Waals surface area contributed by atoms with Crippen molar-refractivity contribution in [3.8, 4) is 0 Å². The molecule has 0 radical (unpaired) electrons. The van der Waals surface area contributed by atoms with Crippen LogP contribution in [0.3, 0.4) is 0 Å². The highest BCUT2D eigenvalue weighted by atomic mass is 19.1. The minimum atomic E-state index is -0.242. The largest absolute Gasteiger partial charge is 0.240 e. The maximum absolute atomic E-state index is 12.6. The van der Waals surface area contributed by atoms with Crippen LogP contribution in [0.1, 0.15) is 19.8 Å². The number of aromatic nitrogens is 2. The molecule has 0 aliphatic rings. The highest BCUT2D eigenvalue weighted by molar-refractivity contribution is 4.82. The lowest BCUT2D eigenvalue weighted by Gasteiger charge is -1.98. The first-order chi connectivity index (χ1) is 4.84. The van der Waals surface area contributed by atoms with Crippen LogP contribution in [-0.2, 0) is 6.54 Å². The van der Waals surface area contributed by atoms with Gasteiger partial charge in [-0.25, -0.2) is 4.68 Å². The smallest absolute Gasteiger partial charge is 0.211 e. The second-order valence-corrected chi connectivity index (χ2v) is 2.23. The summed E-state index contributed by atoms with van der Waals surface area (Å²) in [6.07, 6.45) is 3.53. The molecule has 1 rings (SSSR count). The summed E-state index contributed by atoms with van der Waals surface area (Å²) < 4.78 is 14.0. The van der Waals surface area contributed by atoms with E-state index in [2.05, 4.69) is 12.0 Å². The van der Waals surface area contributed by atoms with Crippen LogP contribution in [0.25, 0.3) is 0 Å². The van der Waals surface area contributed by atoms with Crippen LogP contribution >= 0.6 is 0 Å². The van der Waals surface area contributed by atoms with E-state index in [4.69, 9.17) is 0 Å². The third kappa shape index (κ3) is 1.56. The molecule has 0 fully saturated rings. The van der Waals surface area contributed by atoms with E-state index in [0.29, 0.717) is 6.54 Å². The van der Waals surface area contributed by atoms with Gasteiger partial charge in [0.25, 0.3) is 0 Å². The van der Waals surface area contributed by atoms with Gasteiger partial charge in [0, 0.05) is 12.6 Å². The molecular formula is C7H11FN2. The molecule has 1 heterocycles. The van der Waals surface area contributed by atoms with Crippen LogP contribution < -0.4 is 0 Å². The van der Waals surface area contributed by atoms with Gasteiger partial charge in [-0.1, -0.05) is 13.3 Å². The quantitative estimate of drug-likeness (QED) is 0.629. The van der Waals surface area contributed by atoms with Crippen LogP contribution in [0.4, 0.5) is 4.39 Å². The Balaban J connectivity index is 2.49. The predicted molar refractivity (Wildman–Crippen MR) is 37.1 cm³/mol. The molecule has 0 N–H and O–H groups in total. The average Bonchev–Trinajstić information content (AvgIpc) is 2.31. The van der Waals surface area contributed by atoms with Gasteiger partial charge in [0.1, 0.15) is 0 Å². The van der Waals surface area contributed by atoms with Crippen LogP contribution in [0, 0.1) is 5.95 Å². The monoisotopic (exact) mass is 142 g/mol. The van der Waals surface area contributed by atoms with E-state index in [1.165, 1.54) is 16.9 Å².